The van der Waals surface area contributed by atoms with E-state index in [-0.39, 0.29) is 11.8 Å². The smallest absolute Gasteiger partial charge is 0.227 e. The largest absolute Gasteiger partial charge is 0.380 e. The van der Waals surface area contributed by atoms with Crippen molar-refractivity contribution in [1.29, 1.82) is 0 Å². The SMILES string of the molecule is COC1CCN(c2ccc(NC(=O)C3CCCC3)cc2)C1. The van der Waals surface area contributed by atoms with Crippen LogP contribution >= 0.6 is 0 Å². The monoisotopic (exact) mass is 288 g/mol. The molecule has 3 rings (SSSR count). The summed E-state index contributed by atoms with van der Waals surface area (Å²) in [6, 6.07) is 8.18. The molecule has 1 saturated heterocycles. The van der Waals surface area contributed by atoms with Crippen LogP contribution < -0.4 is 10.2 Å². The highest BCUT2D eigenvalue weighted by atomic mass is 16.5. The summed E-state index contributed by atoms with van der Waals surface area (Å²) < 4.78 is 5.40. The Balaban J connectivity index is 1.58. The maximum Gasteiger partial charge on any atom is 0.227 e. The molecular weight excluding hydrogens is 264 g/mol. The van der Waals surface area contributed by atoms with Gasteiger partial charge in [0.1, 0.15) is 0 Å². The minimum absolute atomic E-state index is 0.181. The van der Waals surface area contributed by atoms with Gasteiger partial charge in [-0.1, -0.05) is 12.8 Å². The van der Waals surface area contributed by atoms with E-state index in [0.29, 0.717) is 6.10 Å². The summed E-state index contributed by atoms with van der Waals surface area (Å²) in [5, 5.41) is 3.04. The molecule has 4 heteroatoms. The molecule has 1 aromatic rings. The highest BCUT2D eigenvalue weighted by Crippen LogP contribution is 2.27. The van der Waals surface area contributed by atoms with Crippen LogP contribution in [0.3, 0.4) is 0 Å². The van der Waals surface area contributed by atoms with Crippen molar-refractivity contribution < 1.29 is 9.53 Å². The van der Waals surface area contributed by atoms with E-state index in [1.165, 1.54) is 18.5 Å². The van der Waals surface area contributed by atoms with Crippen LogP contribution in [0.1, 0.15) is 32.1 Å². The third-order valence-corrected chi connectivity index (χ3v) is 4.70. The Hall–Kier alpha value is -1.55. The number of methoxy groups -OCH3 is 1. The molecule has 21 heavy (non-hydrogen) atoms. The predicted octanol–water partition coefficient (Wildman–Crippen LogP) is 3.04. The molecule has 0 spiro atoms. The molecule has 1 aliphatic heterocycles. The zero-order valence-electron chi connectivity index (χ0n) is 12.7. The number of nitrogens with one attached hydrogen (secondary N) is 1. The fourth-order valence-electron chi connectivity index (χ4n) is 3.34. The Morgan fingerprint density at radius 2 is 1.90 bits per heavy atom. The molecule has 0 bridgehead atoms. The number of hydrogen-bond acceptors (Lipinski definition) is 3. The molecule has 1 unspecified atom stereocenters. The van der Waals surface area contributed by atoms with Crippen LogP contribution in [0.5, 0.6) is 0 Å². The lowest BCUT2D eigenvalue weighted by atomic mass is 10.1. The maximum atomic E-state index is 12.1. The number of amides is 1. The highest BCUT2D eigenvalue weighted by molar-refractivity contribution is 5.92. The van der Waals surface area contributed by atoms with Crippen molar-refractivity contribution in [3.63, 3.8) is 0 Å². The fourth-order valence-corrected chi connectivity index (χ4v) is 3.34. The van der Waals surface area contributed by atoms with E-state index in [1.54, 1.807) is 7.11 Å². The van der Waals surface area contributed by atoms with Crippen LogP contribution in [0.4, 0.5) is 11.4 Å². The van der Waals surface area contributed by atoms with Crippen molar-refractivity contribution in [3.05, 3.63) is 24.3 Å². The first-order chi connectivity index (χ1) is 10.3. The zero-order valence-corrected chi connectivity index (χ0v) is 12.7. The molecule has 2 fully saturated rings. The molecule has 1 amide bonds. The van der Waals surface area contributed by atoms with E-state index in [9.17, 15) is 4.79 Å². The molecule has 1 aliphatic carbocycles. The number of ether oxygens (including phenoxy) is 1. The van der Waals surface area contributed by atoms with E-state index < -0.39 is 0 Å². The van der Waals surface area contributed by atoms with Crippen LogP contribution in [0, 0.1) is 5.92 Å². The molecule has 2 aliphatic rings. The lowest BCUT2D eigenvalue weighted by molar-refractivity contribution is -0.119. The van der Waals surface area contributed by atoms with E-state index >= 15 is 0 Å². The number of rotatable bonds is 4. The normalized spacial score (nSPS) is 22.7. The Morgan fingerprint density at radius 1 is 1.19 bits per heavy atom. The van der Waals surface area contributed by atoms with Gasteiger partial charge in [-0.15, -0.1) is 0 Å². The summed E-state index contributed by atoms with van der Waals surface area (Å²) in [4.78, 5) is 14.4. The van der Waals surface area contributed by atoms with Gasteiger partial charge >= 0.3 is 0 Å². The zero-order chi connectivity index (χ0) is 14.7. The first-order valence-corrected chi connectivity index (χ1v) is 7.95. The molecule has 1 aromatic carbocycles. The summed E-state index contributed by atoms with van der Waals surface area (Å²) >= 11 is 0. The van der Waals surface area contributed by atoms with Gasteiger partial charge in [-0.3, -0.25) is 4.79 Å². The maximum absolute atomic E-state index is 12.1. The quantitative estimate of drug-likeness (QED) is 0.926. The van der Waals surface area contributed by atoms with Gasteiger partial charge in [0.25, 0.3) is 0 Å². The molecule has 1 heterocycles. The lowest BCUT2D eigenvalue weighted by Crippen LogP contribution is -2.22. The van der Waals surface area contributed by atoms with Gasteiger partial charge in [0.15, 0.2) is 0 Å². The predicted molar refractivity (Wildman–Crippen MR) is 84.7 cm³/mol. The van der Waals surface area contributed by atoms with Gasteiger partial charge in [-0.05, 0) is 43.5 Å². The average Bonchev–Trinajstić information content (AvgIpc) is 3.19. The Morgan fingerprint density at radius 3 is 2.52 bits per heavy atom. The summed E-state index contributed by atoms with van der Waals surface area (Å²) in [6.45, 7) is 1.98. The van der Waals surface area contributed by atoms with Crippen molar-refractivity contribution in [2.45, 2.75) is 38.2 Å². The second kappa shape index (κ2) is 6.48. The first-order valence-electron chi connectivity index (χ1n) is 7.95. The number of carbonyl (C=O) groups excluding carboxylic acids is 1. The summed E-state index contributed by atoms with van der Waals surface area (Å²) in [6.07, 6.45) is 5.87. The van der Waals surface area contributed by atoms with Crippen LogP contribution in [0.25, 0.3) is 0 Å². The molecule has 1 atom stereocenters. The third-order valence-electron chi connectivity index (χ3n) is 4.70. The molecule has 0 aromatic heterocycles. The third kappa shape index (κ3) is 3.38. The van der Waals surface area contributed by atoms with E-state index in [1.807, 2.05) is 12.1 Å². The number of benzene rings is 1. The van der Waals surface area contributed by atoms with Gasteiger partial charge in [-0.2, -0.15) is 0 Å². The van der Waals surface area contributed by atoms with Crippen LogP contribution in [0.2, 0.25) is 0 Å². The van der Waals surface area contributed by atoms with Crippen molar-refractivity contribution in [2.75, 3.05) is 30.4 Å². The minimum Gasteiger partial charge on any atom is -0.380 e. The summed E-state index contributed by atoms with van der Waals surface area (Å²) in [5.41, 5.74) is 2.10. The summed E-state index contributed by atoms with van der Waals surface area (Å²) in [5.74, 6) is 0.395. The van der Waals surface area contributed by atoms with Gasteiger partial charge in [0.05, 0.1) is 6.10 Å². The fraction of sp³-hybridized carbons (Fsp3) is 0.588. The summed E-state index contributed by atoms with van der Waals surface area (Å²) in [7, 11) is 1.77. The second-order valence-electron chi connectivity index (χ2n) is 6.11. The Labute approximate surface area is 126 Å². The van der Waals surface area contributed by atoms with Gasteiger partial charge in [0.2, 0.25) is 5.91 Å². The molecule has 4 nitrogen and oxygen atoms in total. The standard InChI is InChI=1S/C17H24N2O2/c1-21-16-10-11-19(12-16)15-8-6-14(7-9-15)18-17(20)13-4-2-3-5-13/h6-9,13,16H,2-5,10-12H2,1H3,(H,18,20). The number of hydrogen-bond donors (Lipinski definition) is 1. The van der Waals surface area contributed by atoms with Crippen molar-refractivity contribution in [3.8, 4) is 0 Å². The molecule has 114 valence electrons. The molecule has 0 radical (unpaired) electrons. The van der Waals surface area contributed by atoms with Gasteiger partial charge in [0, 0.05) is 37.5 Å². The van der Waals surface area contributed by atoms with Gasteiger partial charge < -0.3 is 15.0 Å². The topological polar surface area (TPSA) is 41.6 Å². The number of nitrogens with zero attached hydrogens (tertiary/aromatic N) is 1. The number of anilines is 2. The lowest BCUT2D eigenvalue weighted by Gasteiger charge is -2.19. The van der Waals surface area contributed by atoms with Crippen molar-refractivity contribution in [2.24, 2.45) is 5.92 Å². The Kier molecular flexibility index (Phi) is 4.44. The minimum atomic E-state index is 0.181. The molecular formula is C17H24N2O2. The van der Waals surface area contributed by atoms with Crippen LogP contribution in [-0.2, 0) is 9.53 Å². The highest BCUT2D eigenvalue weighted by Gasteiger charge is 2.23. The van der Waals surface area contributed by atoms with E-state index in [2.05, 4.69) is 22.3 Å². The van der Waals surface area contributed by atoms with Crippen molar-refractivity contribution >= 4 is 17.3 Å². The van der Waals surface area contributed by atoms with E-state index in [4.69, 9.17) is 4.74 Å². The van der Waals surface area contributed by atoms with Crippen molar-refractivity contribution in [1.82, 2.24) is 0 Å². The number of carbonyl (C=O) groups is 1. The van der Waals surface area contributed by atoms with Crippen LogP contribution in [-0.4, -0.2) is 32.2 Å². The van der Waals surface area contributed by atoms with Crippen LogP contribution in [0.15, 0.2) is 24.3 Å². The molecule has 1 N–H and O–H groups in total. The van der Waals surface area contributed by atoms with E-state index in [0.717, 1.165) is 38.0 Å². The van der Waals surface area contributed by atoms with Gasteiger partial charge in [-0.25, -0.2) is 0 Å². The Bertz CT molecular complexity index is 480. The second-order valence-corrected chi connectivity index (χ2v) is 6.11. The molecule has 1 saturated carbocycles. The average molecular weight is 288 g/mol. The first kappa shape index (κ1) is 14.4.